The Kier molecular flexibility index (Phi) is 4.40. The normalized spacial score (nSPS) is 19.5. The highest BCUT2D eigenvalue weighted by molar-refractivity contribution is 6.30. The second kappa shape index (κ2) is 5.85. The van der Waals surface area contributed by atoms with Crippen LogP contribution in [0.3, 0.4) is 0 Å². The molecular weight excluding hydrogens is 250 g/mol. The summed E-state index contributed by atoms with van der Waals surface area (Å²) in [6.45, 7) is 8.66. The third-order valence-corrected chi connectivity index (χ3v) is 3.57. The van der Waals surface area contributed by atoms with Crippen LogP contribution in [-0.4, -0.2) is 29.7 Å². The largest absolute Gasteiger partial charge is 0.381 e. The van der Waals surface area contributed by atoms with Crippen molar-refractivity contribution in [1.29, 1.82) is 0 Å². The van der Waals surface area contributed by atoms with Gasteiger partial charge in [0.25, 0.3) is 0 Å². The Hall–Kier alpha value is -0.870. The number of ether oxygens (including phenoxy) is 1. The zero-order valence-electron chi connectivity index (χ0n) is 11.2. The second-order valence-electron chi connectivity index (χ2n) is 5.11. The summed E-state index contributed by atoms with van der Waals surface area (Å²) >= 11 is 6.14. The van der Waals surface area contributed by atoms with E-state index in [1.165, 1.54) is 0 Å². The van der Waals surface area contributed by atoms with Gasteiger partial charge in [-0.2, -0.15) is 0 Å². The van der Waals surface area contributed by atoms with Crippen LogP contribution in [0.25, 0.3) is 0 Å². The number of halogens is 1. The van der Waals surface area contributed by atoms with E-state index in [4.69, 9.17) is 16.3 Å². The summed E-state index contributed by atoms with van der Waals surface area (Å²) in [4.78, 5) is 8.85. The molecule has 18 heavy (non-hydrogen) atoms. The number of aromatic nitrogens is 2. The van der Waals surface area contributed by atoms with E-state index >= 15 is 0 Å². The van der Waals surface area contributed by atoms with Crippen LogP contribution in [0.1, 0.15) is 37.6 Å². The van der Waals surface area contributed by atoms with Gasteiger partial charge in [0.2, 0.25) is 0 Å². The molecule has 1 aromatic rings. The lowest BCUT2D eigenvalue weighted by molar-refractivity contribution is 0.187. The highest BCUT2D eigenvalue weighted by Crippen LogP contribution is 2.23. The highest BCUT2D eigenvalue weighted by atomic mass is 35.5. The molecule has 2 rings (SSSR count). The number of nitrogens with zero attached hydrogens (tertiary/aromatic N) is 2. The number of nitrogens with one attached hydrogen (secondary N) is 1. The first kappa shape index (κ1) is 13.6. The molecule has 4 nitrogen and oxygen atoms in total. The van der Waals surface area contributed by atoms with Gasteiger partial charge >= 0.3 is 0 Å². The predicted octanol–water partition coefficient (Wildman–Crippen LogP) is 3.01. The summed E-state index contributed by atoms with van der Waals surface area (Å²) in [7, 11) is 0. The molecule has 0 amide bonds. The molecule has 1 atom stereocenters. The van der Waals surface area contributed by atoms with Gasteiger partial charge < -0.3 is 10.1 Å². The van der Waals surface area contributed by atoms with Crippen LogP contribution in [0.5, 0.6) is 0 Å². The zero-order chi connectivity index (χ0) is 13.1. The van der Waals surface area contributed by atoms with Crippen molar-refractivity contribution in [3.63, 3.8) is 0 Å². The van der Waals surface area contributed by atoms with Gasteiger partial charge in [0.05, 0.1) is 6.61 Å². The summed E-state index contributed by atoms with van der Waals surface area (Å²) in [5, 5.41) is 3.92. The van der Waals surface area contributed by atoms with Crippen molar-refractivity contribution in [2.24, 2.45) is 5.92 Å². The maximum atomic E-state index is 6.14. The molecule has 0 saturated carbocycles. The fourth-order valence-corrected chi connectivity index (χ4v) is 2.10. The van der Waals surface area contributed by atoms with Crippen LogP contribution < -0.4 is 5.32 Å². The van der Waals surface area contributed by atoms with Crippen LogP contribution in [-0.2, 0) is 4.74 Å². The first-order valence-corrected chi connectivity index (χ1v) is 6.81. The first-order chi connectivity index (χ1) is 8.58. The standard InChI is InChI=1S/C13H20ClN3O/c1-8(2)12-16-11(14)9(3)13(17-12)15-6-10-4-5-18-7-10/h8,10H,4-7H2,1-3H3,(H,15,16,17). The van der Waals surface area contributed by atoms with E-state index in [9.17, 15) is 0 Å². The van der Waals surface area contributed by atoms with Crippen molar-refractivity contribution in [2.75, 3.05) is 25.1 Å². The van der Waals surface area contributed by atoms with Gasteiger partial charge in [-0.1, -0.05) is 25.4 Å². The summed E-state index contributed by atoms with van der Waals surface area (Å²) < 4.78 is 5.36. The van der Waals surface area contributed by atoms with E-state index in [2.05, 4.69) is 29.1 Å². The Bertz CT molecular complexity index is 417. The number of anilines is 1. The molecule has 1 unspecified atom stereocenters. The lowest BCUT2D eigenvalue weighted by atomic mass is 10.1. The average Bonchev–Trinajstić information content (AvgIpc) is 2.83. The second-order valence-corrected chi connectivity index (χ2v) is 5.47. The van der Waals surface area contributed by atoms with Crippen molar-refractivity contribution in [1.82, 2.24) is 9.97 Å². The zero-order valence-corrected chi connectivity index (χ0v) is 11.9. The third-order valence-electron chi connectivity index (χ3n) is 3.20. The molecule has 1 saturated heterocycles. The molecule has 1 fully saturated rings. The van der Waals surface area contributed by atoms with Crippen molar-refractivity contribution >= 4 is 17.4 Å². The summed E-state index contributed by atoms with van der Waals surface area (Å²) in [6.07, 6.45) is 1.11. The SMILES string of the molecule is Cc1c(Cl)nc(C(C)C)nc1NCC1CCOC1. The minimum atomic E-state index is 0.276. The van der Waals surface area contributed by atoms with Gasteiger partial charge in [0.15, 0.2) is 0 Å². The summed E-state index contributed by atoms with van der Waals surface area (Å²) in [6, 6.07) is 0. The average molecular weight is 270 g/mol. The van der Waals surface area contributed by atoms with Crippen molar-refractivity contribution in [3.05, 3.63) is 16.5 Å². The number of hydrogen-bond acceptors (Lipinski definition) is 4. The molecule has 1 aliphatic rings. The van der Waals surface area contributed by atoms with Gasteiger partial charge in [-0.3, -0.25) is 0 Å². The topological polar surface area (TPSA) is 47.0 Å². The molecule has 0 spiro atoms. The van der Waals surface area contributed by atoms with Crippen molar-refractivity contribution in [2.45, 2.75) is 33.1 Å². The van der Waals surface area contributed by atoms with E-state index in [0.29, 0.717) is 11.1 Å². The smallest absolute Gasteiger partial charge is 0.137 e. The maximum absolute atomic E-state index is 6.14. The molecule has 0 radical (unpaired) electrons. The molecule has 0 aromatic carbocycles. The van der Waals surface area contributed by atoms with E-state index in [-0.39, 0.29) is 5.92 Å². The molecule has 0 bridgehead atoms. The molecule has 5 heteroatoms. The van der Waals surface area contributed by atoms with Gasteiger partial charge in [-0.05, 0) is 13.3 Å². The first-order valence-electron chi connectivity index (χ1n) is 6.43. The van der Waals surface area contributed by atoms with E-state index in [1.807, 2.05) is 6.92 Å². The van der Waals surface area contributed by atoms with Crippen LogP contribution in [0.15, 0.2) is 0 Å². The predicted molar refractivity (Wildman–Crippen MR) is 73.3 cm³/mol. The minimum absolute atomic E-state index is 0.276. The lowest BCUT2D eigenvalue weighted by Gasteiger charge is -2.14. The molecule has 0 aliphatic carbocycles. The minimum Gasteiger partial charge on any atom is -0.381 e. The number of rotatable bonds is 4. The molecule has 1 aromatic heterocycles. The molecular formula is C13H20ClN3O. The van der Waals surface area contributed by atoms with Gasteiger partial charge in [-0.25, -0.2) is 9.97 Å². The quantitative estimate of drug-likeness (QED) is 0.854. The van der Waals surface area contributed by atoms with Crippen molar-refractivity contribution < 1.29 is 4.74 Å². The highest BCUT2D eigenvalue weighted by Gasteiger charge is 2.17. The Morgan fingerprint density at radius 1 is 1.44 bits per heavy atom. The van der Waals surface area contributed by atoms with Crippen LogP contribution in [0.2, 0.25) is 5.15 Å². The van der Waals surface area contributed by atoms with Crippen LogP contribution in [0.4, 0.5) is 5.82 Å². The Morgan fingerprint density at radius 3 is 2.83 bits per heavy atom. The number of hydrogen-bond donors (Lipinski definition) is 1. The van der Waals surface area contributed by atoms with Crippen molar-refractivity contribution in [3.8, 4) is 0 Å². The fourth-order valence-electron chi connectivity index (χ4n) is 1.92. The van der Waals surface area contributed by atoms with Crippen LogP contribution in [0, 0.1) is 12.8 Å². The third kappa shape index (κ3) is 3.12. The molecule has 1 N–H and O–H groups in total. The van der Waals surface area contributed by atoms with Gasteiger partial charge in [-0.15, -0.1) is 0 Å². The maximum Gasteiger partial charge on any atom is 0.137 e. The molecule has 2 heterocycles. The molecule has 1 aliphatic heterocycles. The Labute approximate surface area is 113 Å². The monoisotopic (exact) mass is 269 g/mol. The summed E-state index contributed by atoms with van der Waals surface area (Å²) in [5.41, 5.74) is 0.917. The van der Waals surface area contributed by atoms with Gasteiger partial charge in [0.1, 0.15) is 16.8 Å². The summed E-state index contributed by atoms with van der Waals surface area (Å²) in [5.74, 6) is 2.49. The van der Waals surface area contributed by atoms with E-state index in [1.54, 1.807) is 0 Å². The molecule has 100 valence electrons. The Balaban J connectivity index is 2.10. The lowest BCUT2D eigenvalue weighted by Crippen LogP contribution is -2.16. The van der Waals surface area contributed by atoms with E-state index in [0.717, 1.165) is 43.4 Å². The van der Waals surface area contributed by atoms with E-state index < -0.39 is 0 Å². The Morgan fingerprint density at radius 2 is 2.22 bits per heavy atom. The van der Waals surface area contributed by atoms with Crippen LogP contribution >= 0.6 is 11.6 Å². The fraction of sp³-hybridized carbons (Fsp3) is 0.692. The van der Waals surface area contributed by atoms with Gasteiger partial charge in [0, 0.05) is 30.6 Å².